The van der Waals surface area contributed by atoms with Crippen molar-refractivity contribution in [3.8, 4) is 0 Å². The van der Waals surface area contributed by atoms with Crippen LogP contribution in [0, 0.1) is 17.0 Å². The summed E-state index contributed by atoms with van der Waals surface area (Å²) in [6.07, 6.45) is 0. The molecule has 2 aliphatic heterocycles. The highest BCUT2D eigenvalue weighted by Gasteiger charge is 2.51. The van der Waals surface area contributed by atoms with Gasteiger partial charge in [0.25, 0.3) is 0 Å². The zero-order chi connectivity index (χ0) is 13.0. The molecule has 2 heterocycles. The van der Waals surface area contributed by atoms with Crippen LogP contribution in [0.25, 0.3) is 0 Å². The van der Waals surface area contributed by atoms with Gasteiger partial charge in [-0.1, -0.05) is 0 Å². The van der Waals surface area contributed by atoms with Crippen molar-refractivity contribution < 1.29 is 17.2 Å². The Morgan fingerprint density at radius 1 is 1.17 bits per heavy atom. The van der Waals surface area contributed by atoms with Crippen LogP contribution >= 0.6 is 0 Å². The van der Waals surface area contributed by atoms with Gasteiger partial charge in [-0.2, -0.15) is 4.31 Å². The third-order valence-corrected chi connectivity index (χ3v) is 5.34. The van der Waals surface area contributed by atoms with Crippen LogP contribution in [0.5, 0.6) is 0 Å². The van der Waals surface area contributed by atoms with Gasteiger partial charge in [-0.3, -0.25) is 0 Å². The number of nitrogens with zero attached hydrogens (tertiary/aromatic N) is 1. The predicted molar refractivity (Wildman–Crippen MR) is 60.4 cm³/mol. The number of hydrogen-bond acceptors (Lipinski definition) is 3. The molecule has 0 aliphatic carbocycles. The highest BCUT2D eigenvalue weighted by atomic mass is 32.2. The van der Waals surface area contributed by atoms with Crippen molar-refractivity contribution in [2.24, 2.45) is 5.41 Å². The first-order valence-electron chi connectivity index (χ1n) is 5.59. The van der Waals surface area contributed by atoms with Gasteiger partial charge in [0.2, 0.25) is 10.0 Å². The van der Waals surface area contributed by atoms with E-state index in [1.807, 2.05) is 0 Å². The fourth-order valence-electron chi connectivity index (χ4n) is 2.36. The molecule has 1 spiro atoms. The molecule has 3 rings (SSSR count). The molecule has 0 amide bonds. The topological polar surface area (TPSA) is 49.4 Å². The second kappa shape index (κ2) is 3.72. The van der Waals surface area contributed by atoms with Gasteiger partial charge in [-0.15, -0.1) is 0 Å². The summed E-state index contributed by atoms with van der Waals surface area (Å²) in [6, 6.07) is 2.66. The van der Waals surface area contributed by atoms with Crippen LogP contribution in [0.2, 0.25) is 0 Å². The van der Waals surface area contributed by atoms with Crippen LogP contribution in [0.4, 0.5) is 8.78 Å². The van der Waals surface area contributed by atoms with Crippen LogP contribution in [-0.4, -0.2) is 38.9 Å². The number of hydrogen-bond donors (Lipinski definition) is 1. The molecule has 0 unspecified atom stereocenters. The Morgan fingerprint density at radius 3 is 2.33 bits per heavy atom. The predicted octanol–water partition coefficient (Wildman–Crippen LogP) is 0.559. The molecule has 1 N–H and O–H groups in total. The molecule has 0 aromatic heterocycles. The fourth-order valence-corrected chi connectivity index (χ4v) is 4.04. The smallest absolute Gasteiger partial charge is 0.243 e. The molecule has 2 saturated heterocycles. The molecule has 0 saturated carbocycles. The maximum Gasteiger partial charge on any atom is 0.243 e. The second-order valence-electron chi connectivity index (χ2n) is 4.95. The van der Waals surface area contributed by atoms with Crippen molar-refractivity contribution in [2.45, 2.75) is 4.90 Å². The number of halogens is 2. The van der Waals surface area contributed by atoms with E-state index in [2.05, 4.69) is 5.32 Å². The normalized spacial score (nSPS) is 22.6. The van der Waals surface area contributed by atoms with Gasteiger partial charge in [0, 0.05) is 31.6 Å². The number of nitrogens with one attached hydrogen (secondary N) is 1. The zero-order valence-corrected chi connectivity index (χ0v) is 10.3. The lowest BCUT2D eigenvalue weighted by Crippen LogP contribution is -2.71. The van der Waals surface area contributed by atoms with Crippen LogP contribution in [-0.2, 0) is 10.0 Å². The van der Waals surface area contributed by atoms with Crippen molar-refractivity contribution >= 4 is 10.0 Å². The zero-order valence-electron chi connectivity index (χ0n) is 9.49. The van der Waals surface area contributed by atoms with Crippen molar-refractivity contribution in [3.63, 3.8) is 0 Å². The van der Waals surface area contributed by atoms with Crippen LogP contribution < -0.4 is 5.32 Å². The Kier molecular flexibility index (Phi) is 2.48. The molecule has 4 nitrogen and oxygen atoms in total. The average molecular weight is 274 g/mol. The van der Waals surface area contributed by atoms with E-state index in [1.165, 1.54) is 4.31 Å². The van der Waals surface area contributed by atoms with Gasteiger partial charge in [-0.05, 0) is 18.2 Å². The second-order valence-corrected chi connectivity index (χ2v) is 6.89. The molecule has 0 bridgehead atoms. The lowest BCUT2D eigenvalue weighted by molar-refractivity contribution is 0.0164. The quantitative estimate of drug-likeness (QED) is 0.857. The van der Waals surface area contributed by atoms with E-state index in [9.17, 15) is 17.2 Å². The summed E-state index contributed by atoms with van der Waals surface area (Å²) in [4.78, 5) is -0.191. The molecule has 18 heavy (non-hydrogen) atoms. The van der Waals surface area contributed by atoms with E-state index in [-0.39, 0.29) is 10.3 Å². The molecule has 0 radical (unpaired) electrons. The molecule has 7 heteroatoms. The molecule has 98 valence electrons. The highest BCUT2D eigenvalue weighted by Crippen LogP contribution is 2.37. The minimum Gasteiger partial charge on any atom is -0.315 e. The summed E-state index contributed by atoms with van der Waals surface area (Å²) in [5, 5.41) is 3.10. The summed E-state index contributed by atoms with van der Waals surface area (Å²) >= 11 is 0. The van der Waals surface area contributed by atoms with Crippen molar-refractivity contribution in [2.75, 3.05) is 26.2 Å². The molecular weight excluding hydrogens is 262 g/mol. The summed E-state index contributed by atoms with van der Waals surface area (Å²) in [5.74, 6) is -2.19. The summed E-state index contributed by atoms with van der Waals surface area (Å²) < 4.78 is 51.4. The number of rotatable bonds is 2. The van der Waals surface area contributed by atoms with Gasteiger partial charge in [0.1, 0.15) is 0 Å². The van der Waals surface area contributed by atoms with Gasteiger partial charge >= 0.3 is 0 Å². The van der Waals surface area contributed by atoms with Gasteiger partial charge < -0.3 is 5.32 Å². The van der Waals surface area contributed by atoms with E-state index in [0.717, 1.165) is 31.3 Å². The number of sulfonamides is 1. The lowest BCUT2D eigenvalue weighted by Gasteiger charge is -2.55. The minimum absolute atomic E-state index is 0.0612. The van der Waals surface area contributed by atoms with Crippen molar-refractivity contribution in [1.82, 2.24) is 9.62 Å². The molecular formula is C11H12F2N2O2S. The van der Waals surface area contributed by atoms with Gasteiger partial charge in [0.05, 0.1) is 4.90 Å². The van der Waals surface area contributed by atoms with E-state index in [1.54, 1.807) is 0 Å². The highest BCUT2D eigenvalue weighted by molar-refractivity contribution is 7.89. The van der Waals surface area contributed by atoms with E-state index in [0.29, 0.717) is 13.1 Å². The van der Waals surface area contributed by atoms with E-state index < -0.39 is 21.7 Å². The summed E-state index contributed by atoms with van der Waals surface area (Å²) in [6.45, 7) is 2.52. The first kappa shape index (κ1) is 12.0. The average Bonchev–Trinajstić information content (AvgIpc) is 2.17. The van der Waals surface area contributed by atoms with Gasteiger partial charge in [-0.25, -0.2) is 17.2 Å². The van der Waals surface area contributed by atoms with E-state index in [4.69, 9.17) is 0 Å². The Morgan fingerprint density at radius 2 is 1.83 bits per heavy atom. The Labute approximate surface area is 104 Å². The number of benzene rings is 1. The van der Waals surface area contributed by atoms with Crippen molar-refractivity contribution in [3.05, 3.63) is 29.8 Å². The third-order valence-electron chi connectivity index (χ3n) is 3.55. The summed E-state index contributed by atoms with van der Waals surface area (Å²) in [5.41, 5.74) is 0.0612. The maximum atomic E-state index is 13.1. The van der Waals surface area contributed by atoms with E-state index >= 15 is 0 Å². The third kappa shape index (κ3) is 1.65. The Hall–Kier alpha value is -1.05. The monoisotopic (exact) mass is 274 g/mol. The van der Waals surface area contributed by atoms with Gasteiger partial charge in [0.15, 0.2) is 11.6 Å². The van der Waals surface area contributed by atoms with Crippen LogP contribution in [0.15, 0.2) is 23.1 Å². The lowest BCUT2D eigenvalue weighted by atomic mass is 9.76. The van der Waals surface area contributed by atoms with Crippen LogP contribution in [0.3, 0.4) is 0 Å². The van der Waals surface area contributed by atoms with Crippen molar-refractivity contribution in [1.29, 1.82) is 0 Å². The molecule has 2 fully saturated rings. The first-order valence-corrected chi connectivity index (χ1v) is 7.03. The summed E-state index contributed by atoms with van der Waals surface area (Å²) in [7, 11) is -3.69. The molecule has 2 aliphatic rings. The largest absolute Gasteiger partial charge is 0.315 e. The maximum absolute atomic E-state index is 13.1. The Bertz CT molecular complexity index is 591. The molecule has 1 aromatic rings. The Balaban J connectivity index is 1.84. The molecule has 0 atom stereocenters. The fraction of sp³-hybridized carbons (Fsp3) is 0.455. The molecule has 1 aromatic carbocycles. The van der Waals surface area contributed by atoms with Crippen LogP contribution in [0.1, 0.15) is 0 Å². The minimum atomic E-state index is -3.69. The standard InChI is InChI=1S/C11H12F2N2O2S/c12-9-2-1-8(3-10(9)13)18(16,17)15-6-11(7-15)4-14-5-11/h1-3,14H,4-7H2. The first-order chi connectivity index (χ1) is 8.43. The SMILES string of the molecule is O=S(=O)(c1ccc(F)c(F)c1)N1CC2(CNC2)C1.